The predicted octanol–water partition coefficient (Wildman–Crippen LogP) is 5.73. The molecule has 8 atom stereocenters. The summed E-state index contributed by atoms with van der Waals surface area (Å²) in [4.78, 5) is 11.9. The second-order valence-electron chi connectivity index (χ2n) is 10.2. The Balaban J connectivity index is 1.40. The van der Waals surface area contributed by atoms with Crippen LogP contribution in [-0.4, -0.2) is 5.78 Å². The first-order valence-corrected chi connectivity index (χ1v) is 11.3. The van der Waals surface area contributed by atoms with Gasteiger partial charge in [0.1, 0.15) is 0 Å². The molecule has 138 valence electrons. The smallest absolute Gasteiger partial charge is 0.155 e. The third-order valence-corrected chi connectivity index (χ3v) is 9.28. The molecule has 0 bridgehead atoms. The molecule has 0 aromatic carbocycles. The summed E-state index contributed by atoms with van der Waals surface area (Å²) in [5.41, 5.74) is 2.01. The monoisotopic (exact) mass is 348 g/mol. The molecule has 7 unspecified atom stereocenters. The number of carbonyl (C=O) groups is 1. The normalized spacial score (nSPS) is 51.5. The van der Waals surface area contributed by atoms with Gasteiger partial charge in [0.25, 0.3) is 0 Å². The van der Waals surface area contributed by atoms with Gasteiger partial charge in [-0.05, 0) is 109 Å². The summed E-state index contributed by atoms with van der Waals surface area (Å²) < 4.78 is 0. The zero-order valence-corrected chi connectivity index (χ0v) is 16.1. The standard InChI is InChI=1S/C25H32O/c1-2-3-4-23-21-14-22(21)24-20-9-5-15-13-17(26)8-10-18(15)19(20)11-12-25(23,24)16-6-7-16/h3-5,9,13,16,18-24H,2,6-8,10-12,14H2,1H3/b4-3-/t18?,19?,20?,21?,22?,23-,24?,25?/m1/s1. The number of hydrogen-bond acceptors (Lipinski definition) is 1. The fraction of sp³-hybridized carbons (Fsp3) is 0.720. The Labute approximate surface area is 158 Å². The summed E-state index contributed by atoms with van der Waals surface area (Å²) in [5, 5.41) is 0. The number of rotatable bonds is 3. The Kier molecular flexibility index (Phi) is 3.34. The largest absolute Gasteiger partial charge is 0.295 e. The SMILES string of the molecule is CC/C=C\[C@@H]1C2CC2C2C3C=CC4=CC(=O)CCC4C3CCC21C1CC1. The molecule has 4 fully saturated rings. The minimum atomic E-state index is 0.357. The van der Waals surface area contributed by atoms with Crippen LogP contribution in [0.1, 0.15) is 58.3 Å². The van der Waals surface area contributed by atoms with Gasteiger partial charge < -0.3 is 0 Å². The third-order valence-electron chi connectivity index (χ3n) is 9.28. The van der Waals surface area contributed by atoms with Crippen LogP contribution in [0.2, 0.25) is 0 Å². The van der Waals surface area contributed by atoms with Gasteiger partial charge >= 0.3 is 0 Å². The predicted molar refractivity (Wildman–Crippen MR) is 104 cm³/mol. The van der Waals surface area contributed by atoms with Crippen molar-refractivity contribution in [1.29, 1.82) is 0 Å². The summed E-state index contributed by atoms with van der Waals surface area (Å²) >= 11 is 0. The van der Waals surface area contributed by atoms with Crippen molar-refractivity contribution in [2.24, 2.45) is 52.8 Å². The molecule has 0 heterocycles. The molecule has 0 saturated heterocycles. The fourth-order valence-corrected chi connectivity index (χ4v) is 8.32. The highest BCUT2D eigenvalue weighted by Gasteiger charge is 2.72. The molecule has 4 saturated carbocycles. The van der Waals surface area contributed by atoms with Crippen LogP contribution in [0.3, 0.4) is 0 Å². The van der Waals surface area contributed by atoms with Crippen LogP contribution in [0.4, 0.5) is 0 Å². The van der Waals surface area contributed by atoms with Crippen LogP contribution < -0.4 is 0 Å². The lowest BCUT2D eigenvalue weighted by Gasteiger charge is -2.55. The summed E-state index contributed by atoms with van der Waals surface area (Å²) in [7, 11) is 0. The van der Waals surface area contributed by atoms with E-state index in [9.17, 15) is 4.79 Å². The molecule has 0 spiro atoms. The average molecular weight is 349 g/mol. The lowest BCUT2D eigenvalue weighted by atomic mass is 9.49. The van der Waals surface area contributed by atoms with E-state index in [0.717, 1.165) is 54.3 Å². The average Bonchev–Trinajstić information content (AvgIpc) is 3.56. The maximum absolute atomic E-state index is 11.9. The number of fused-ring (bicyclic) bond motifs is 7. The van der Waals surface area contributed by atoms with Crippen molar-refractivity contribution >= 4 is 5.78 Å². The van der Waals surface area contributed by atoms with Crippen molar-refractivity contribution in [3.63, 3.8) is 0 Å². The van der Waals surface area contributed by atoms with Gasteiger partial charge in [0.05, 0.1) is 0 Å². The Morgan fingerprint density at radius 2 is 2.04 bits per heavy atom. The van der Waals surface area contributed by atoms with Gasteiger partial charge in [-0.15, -0.1) is 0 Å². The van der Waals surface area contributed by atoms with Crippen molar-refractivity contribution in [2.45, 2.75) is 58.3 Å². The van der Waals surface area contributed by atoms with Crippen molar-refractivity contribution in [3.05, 3.63) is 36.0 Å². The minimum absolute atomic E-state index is 0.357. The molecule has 0 aromatic heterocycles. The van der Waals surface area contributed by atoms with Crippen LogP contribution in [0.25, 0.3) is 0 Å². The van der Waals surface area contributed by atoms with Crippen LogP contribution in [-0.2, 0) is 4.79 Å². The highest BCUT2D eigenvalue weighted by molar-refractivity contribution is 5.91. The van der Waals surface area contributed by atoms with E-state index in [4.69, 9.17) is 0 Å². The molecular formula is C25H32O. The van der Waals surface area contributed by atoms with E-state index in [1.165, 1.54) is 44.1 Å². The fourth-order valence-electron chi connectivity index (χ4n) is 8.32. The highest BCUT2D eigenvalue weighted by Crippen LogP contribution is 2.78. The zero-order valence-electron chi connectivity index (χ0n) is 16.1. The molecule has 6 aliphatic carbocycles. The molecular weight excluding hydrogens is 316 g/mol. The molecule has 0 amide bonds. The minimum Gasteiger partial charge on any atom is -0.295 e. The second-order valence-corrected chi connectivity index (χ2v) is 10.2. The van der Waals surface area contributed by atoms with Crippen molar-refractivity contribution in [2.75, 3.05) is 0 Å². The van der Waals surface area contributed by atoms with E-state index in [1.807, 2.05) is 6.08 Å². The van der Waals surface area contributed by atoms with Crippen molar-refractivity contribution < 1.29 is 4.79 Å². The molecule has 0 aliphatic heterocycles. The molecule has 6 aliphatic rings. The van der Waals surface area contributed by atoms with Crippen LogP contribution in [0.15, 0.2) is 36.0 Å². The Bertz CT molecular complexity index is 722. The quantitative estimate of drug-likeness (QED) is 0.595. The van der Waals surface area contributed by atoms with Crippen LogP contribution in [0, 0.1) is 52.8 Å². The molecule has 0 N–H and O–H groups in total. The van der Waals surface area contributed by atoms with E-state index < -0.39 is 0 Å². The van der Waals surface area contributed by atoms with Gasteiger partial charge in [-0.2, -0.15) is 0 Å². The van der Waals surface area contributed by atoms with E-state index in [0.29, 0.717) is 17.1 Å². The van der Waals surface area contributed by atoms with Gasteiger partial charge in [0, 0.05) is 6.42 Å². The highest BCUT2D eigenvalue weighted by atomic mass is 16.1. The summed E-state index contributed by atoms with van der Waals surface area (Å²) in [5.74, 6) is 7.52. The van der Waals surface area contributed by atoms with Gasteiger partial charge in [0.2, 0.25) is 0 Å². The Morgan fingerprint density at radius 1 is 1.15 bits per heavy atom. The van der Waals surface area contributed by atoms with E-state index in [2.05, 4.69) is 31.2 Å². The van der Waals surface area contributed by atoms with Gasteiger partial charge in [-0.1, -0.05) is 31.2 Å². The topological polar surface area (TPSA) is 17.1 Å². The molecule has 0 aromatic rings. The maximum atomic E-state index is 11.9. The van der Waals surface area contributed by atoms with Crippen LogP contribution in [0.5, 0.6) is 0 Å². The lowest BCUT2D eigenvalue weighted by Crippen LogP contribution is -2.49. The number of hydrogen-bond donors (Lipinski definition) is 0. The Morgan fingerprint density at radius 3 is 2.85 bits per heavy atom. The number of ketones is 1. The second kappa shape index (κ2) is 5.46. The van der Waals surface area contributed by atoms with Gasteiger partial charge in [-0.25, -0.2) is 0 Å². The molecule has 1 nitrogen and oxygen atoms in total. The van der Waals surface area contributed by atoms with Gasteiger partial charge in [-0.3, -0.25) is 4.79 Å². The number of allylic oxidation sites excluding steroid dienone is 6. The summed E-state index contributed by atoms with van der Waals surface area (Å²) in [6.45, 7) is 2.29. The van der Waals surface area contributed by atoms with E-state index in [-0.39, 0.29) is 0 Å². The number of carbonyl (C=O) groups excluding carboxylic acids is 1. The van der Waals surface area contributed by atoms with Crippen molar-refractivity contribution in [3.8, 4) is 0 Å². The first-order valence-electron chi connectivity index (χ1n) is 11.3. The first kappa shape index (κ1) is 15.9. The summed E-state index contributed by atoms with van der Waals surface area (Å²) in [6.07, 6.45) is 22.5. The first-order chi connectivity index (χ1) is 12.7. The van der Waals surface area contributed by atoms with E-state index in [1.54, 1.807) is 0 Å². The molecule has 1 heteroatoms. The van der Waals surface area contributed by atoms with Crippen LogP contribution >= 0.6 is 0 Å². The maximum Gasteiger partial charge on any atom is 0.155 e. The lowest BCUT2D eigenvalue weighted by molar-refractivity contribution is -0.115. The summed E-state index contributed by atoms with van der Waals surface area (Å²) in [6, 6.07) is 0. The van der Waals surface area contributed by atoms with E-state index >= 15 is 0 Å². The Hall–Kier alpha value is -1.11. The third kappa shape index (κ3) is 2.01. The molecule has 0 radical (unpaired) electrons. The molecule has 6 rings (SSSR count). The van der Waals surface area contributed by atoms with Gasteiger partial charge in [0.15, 0.2) is 5.78 Å². The zero-order chi connectivity index (χ0) is 17.5. The molecule has 26 heavy (non-hydrogen) atoms. The van der Waals surface area contributed by atoms with Crippen molar-refractivity contribution in [1.82, 2.24) is 0 Å².